The van der Waals surface area contributed by atoms with Crippen LogP contribution in [-0.2, 0) is 14.3 Å². The van der Waals surface area contributed by atoms with Crippen LogP contribution in [-0.4, -0.2) is 86.6 Å². The molecular formula is C18H36IN5O3. The highest BCUT2D eigenvalue weighted by Gasteiger charge is 2.19. The maximum Gasteiger partial charge on any atom is 0.243 e. The van der Waals surface area contributed by atoms with E-state index in [0.29, 0.717) is 12.5 Å². The molecule has 0 aromatic rings. The minimum Gasteiger partial charge on any atom is -0.376 e. The SMILES string of the molecule is CN(C)C(=O)CN=C(NCC1CCCCO1)N(C)CC(=O)NC(C)(C)C.I. The van der Waals surface area contributed by atoms with Crippen molar-refractivity contribution in [3.63, 3.8) is 0 Å². The molecule has 1 rings (SSSR count). The van der Waals surface area contributed by atoms with Gasteiger partial charge >= 0.3 is 0 Å². The molecule has 2 amide bonds. The van der Waals surface area contributed by atoms with Gasteiger partial charge in [-0.15, -0.1) is 24.0 Å². The Hall–Kier alpha value is -1.10. The third kappa shape index (κ3) is 11.4. The Morgan fingerprint density at radius 2 is 1.85 bits per heavy atom. The number of nitrogens with zero attached hydrogens (tertiary/aromatic N) is 3. The Morgan fingerprint density at radius 1 is 1.19 bits per heavy atom. The first-order chi connectivity index (χ1) is 12.1. The van der Waals surface area contributed by atoms with Crippen LogP contribution in [0.2, 0.25) is 0 Å². The van der Waals surface area contributed by atoms with E-state index in [9.17, 15) is 9.59 Å². The van der Waals surface area contributed by atoms with E-state index < -0.39 is 0 Å². The van der Waals surface area contributed by atoms with Gasteiger partial charge in [0, 0.05) is 39.8 Å². The zero-order chi connectivity index (χ0) is 19.7. The van der Waals surface area contributed by atoms with E-state index in [1.54, 1.807) is 26.0 Å². The molecule has 0 spiro atoms. The Labute approximate surface area is 180 Å². The lowest BCUT2D eigenvalue weighted by Crippen LogP contribution is -2.50. The molecule has 0 saturated carbocycles. The van der Waals surface area contributed by atoms with Gasteiger partial charge in [-0.05, 0) is 40.0 Å². The predicted molar refractivity (Wildman–Crippen MR) is 119 cm³/mol. The summed E-state index contributed by atoms with van der Waals surface area (Å²) in [6.45, 7) is 7.40. The number of guanidine groups is 1. The van der Waals surface area contributed by atoms with E-state index >= 15 is 0 Å². The Bertz CT molecular complexity index is 500. The topological polar surface area (TPSA) is 86.3 Å². The highest BCUT2D eigenvalue weighted by atomic mass is 127. The molecule has 1 atom stereocenters. The fourth-order valence-corrected chi connectivity index (χ4v) is 2.52. The van der Waals surface area contributed by atoms with Gasteiger partial charge in [0.25, 0.3) is 0 Å². The van der Waals surface area contributed by atoms with Crippen molar-refractivity contribution < 1.29 is 14.3 Å². The van der Waals surface area contributed by atoms with E-state index in [4.69, 9.17) is 4.74 Å². The zero-order valence-electron chi connectivity index (χ0n) is 17.5. The summed E-state index contributed by atoms with van der Waals surface area (Å²) in [7, 11) is 5.18. The molecule has 8 nitrogen and oxygen atoms in total. The van der Waals surface area contributed by atoms with Crippen molar-refractivity contribution in [3.05, 3.63) is 0 Å². The maximum absolute atomic E-state index is 12.2. The number of hydrogen-bond acceptors (Lipinski definition) is 4. The van der Waals surface area contributed by atoms with Gasteiger partial charge in [-0.2, -0.15) is 0 Å². The number of amides is 2. The fraction of sp³-hybridized carbons (Fsp3) is 0.833. The molecule has 1 unspecified atom stereocenters. The smallest absolute Gasteiger partial charge is 0.243 e. The van der Waals surface area contributed by atoms with Gasteiger partial charge < -0.3 is 25.2 Å². The number of carbonyl (C=O) groups excluding carboxylic acids is 2. The number of carbonyl (C=O) groups is 2. The molecule has 1 fully saturated rings. The molecule has 1 aliphatic heterocycles. The molecule has 0 aromatic heterocycles. The molecule has 27 heavy (non-hydrogen) atoms. The number of halogens is 1. The van der Waals surface area contributed by atoms with Crippen LogP contribution in [0.15, 0.2) is 4.99 Å². The molecule has 1 aliphatic rings. The number of likely N-dealkylation sites (N-methyl/N-ethyl adjacent to an activating group) is 2. The van der Waals surface area contributed by atoms with E-state index in [0.717, 1.165) is 25.9 Å². The molecule has 0 aliphatic carbocycles. The number of ether oxygens (including phenoxy) is 1. The van der Waals surface area contributed by atoms with Gasteiger partial charge in [0.2, 0.25) is 11.8 Å². The monoisotopic (exact) mass is 497 g/mol. The molecule has 158 valence electrons. The number of rotatable bonds is 6. The van der Waals surface area contributed by atoms with Crippen LogP contribution in [0.4, 0.5) is 0 Å². The molecule has 0 radical (unpaired) electrons. The minimum atomic E-state index is -0.292. The number of aliphatic imine (C=N–C) groups is 1. The summed E-state index contributed by atoms with van der Waals surface area (Å²) in [5.41, 5.74) is -0.292. The van der Waals surface area contributed by atoms with Crippen molar-refractivity contribution in [2.75, 3.05) is 47.4 Å². The largest absolute Gasteiger partial charge is 0.376 e. The summed E-state index contributed by atoms with van der Waals surface area (Å²) in [4.78, 5) is 31.7. The third-order valence-electron chi connectivity index (χ3n) is 3.88. The fourth-order valence-electron chi connectivity index (χ4n) is 2.52. The lowest BCUT2D eigenvalue weighted by atomic mass is 10.1. The van der Waals surface area contributed by atoms with Crippen LogP contribution >= 0.6 is 24.0 Å². The second-order valence-corrected chi connectivity index (χ2v) is 7.95. The summed E-state index contributed by atoms with van der Waals surface area (Å²) < 4.78 is 5.73. The average molecular weight is 497 g/mol. The maximum atomic E-state index is 12.2. The third-order valence-corrected chi connectivity index (χ3v) is 3.88. The molecule has 1 saturated heterocycles. The first-order valence-electron chi connectivity index (χ1n) is 9.20. The van der Waals surface area contributed by atoms with E-state index in [1.807, 2.05) is 20.8 Å². The van der Waals surface area contributed by atoms with Crippen molar-refractivity contribution >= 4 is 41.8 Å². The lowest BCUT2D eigenvalue weighted by molar-refractivity contribution is -0.127. The van der Waals surface area contributed by atoms with E-state index in [-0.39, 0.29) is 60.5 Å². The van der Waals surface area contributed by atoms with Gasteiger partial charge in [-0.25, -0.2) is 4.99 Å². The van der Waals surface area contributed by atoms with Crippen LogP contribution in [0.1, 0.15) is 40.0 Å². The summed E-state index contributed by atoms with van der Waals surface area (Å²) >= 11 is 0. The Kier molecular flexibility index (Phi) is 11.9. The normalized spacial score (nSPS) is 17.6. The molecule has 9 heteroatoms. The van der Waals surface area contributed by atoms with Gasteiger partial charge in [-0.3, -0.25) is 9.59 Å². The molecule has 2 N–H and O–H groups in total. The van der Waals surface area contributed by atoms with Crippen LogP contribution < -0.4 is 10.6 Å². The second kappa shape index (κ2) is 12.4. The highest BCUT2D eigenvalue weighted by Crippen LogP contribution is 2.11. The van der Waals surface area contributed by atoms with Crippen molar-refractivity contribution in [1.29, 1.82) is 0 Å². The minimum absolute atomic E-state index is 0. The van der Waals surface area contributed by atoms with Crippen molar-refractivity contribution in [3.8, 4) is 0 Å². The van der Waals surface area contributed by atoms with Crippen LogP contribution in [0.5, 0.6) is 0 Å². The summed E-state index contributed by atoms with van der Waals surface area (Å²) in [6, 6.07) is 0. The Balaban J connectivity index is 0.00000676. The van der Waals surface area contributed by atoms with Crippen LogP contribution in [0.3, 0.4) is 0 Å². The summed E-state index contributed by atoms with van der Waals surface area (Å²) in [5, 5.41) is 6.18. The van der Waals surface area contributed by atoms with Crippen molar-refractivity contribution in [2.45, 2.75) is 51.7 Å². The molecule has 1 heterocycles. The van der Waals surface area contributed by atoms with Crippen LogP contribution in [0.25, 0.3) is 0 Å². The van der Waals surface area contributed by atoms with Gasteiger partial charge in [0.05, 0.1) is 12.6 Å². The summed E-state index contributed by atoms with van der Waals surface area (Å²) in [6.07, 6.45) is 3.39. The van der Waals surface area contributed by atoms with E-state index in [1.165, 1.54) is 4.90 Å². The first-order valence-corrected chi connectivity index (χ1v) is 9.20. The molecule has 0 bridgehead atoms. The predicted octanol–water partition coefficient (Wildman–Crippen LogP) is 1.05. The van der Waals surface area contributed by atoms with Gasteiger partial charge in [0.15, 0.2) is 5.96 Å². The second-order valence-electron chi connectivity index (χ2n) is 7.95. The number of nitrogens with one attached hydrogen (secondary N) is 2. The van der Waals surface area contributed by atoms with Crippen molar-refractivity contribution in [1.82, 2.24) is 20.4 Å². The standard InChI is InChI=1S/C18H35N5O3.HI/c1-18(2,3)21-15(24)13-23(6)17(20-12-16(25)22(4)5)19-11-14-9-7-8-10-26-14;/h14H,7-13H2,1-6H3,(H,19,20)(H,21,24);1H. The zero-order valence-corrected chi connectivity index (χ0v) is 19.8. The quantitative estimate of drug-likeness (QED) is 0.326. The van der Waals surface area contributed by atoms with Gasteiger partial charge in [0.1, 0.15) is 6.54 Å². The van der Waals surface area contributed by atoms with Crippen LogP contribution in [0, 0.1) is 0 Å². The van der Waals surface area contributed by atoms with E-state index in [2.05, 4.69) is 15.6 Å². The summed E-state index contributed by atoms with van der Waals surface area (Å²) in [5.74, 6) is 0.339. The number of hydrogen-bond donors (Lipinski definition) is 2. The van der Waals surface area contributed by atoms with Gasteiger partial charge in [-0.1, -0.05) is 0 Å². The lowest BCUT2D eigenvalue weighted by Gasteiger charge is -2.28. The molecular weight excluding hydrogens is 461 g/mol. The molecule has 0 aromatic carbocycles. The first kappa shape index (κ1) is 25.9. The Morgan fingerprint density at radius 3 is 2.37 bits per heavy atom. The highest BCUT2D eigenvalue weighted by molar-refractivity contribution is 14.0. The van der Waals surface area contributed by atoms with Crippen molar-refractivity contribution in [2.24, 2.45) is 4.99 Å². The average Bonchev–Trinajstić information content (AvgIpc) is 2.53.